The molecule has 27 heavy (non-hydrogen) atoms. The zero-order chi connectivity index (χ0) is 18.6. The number of amides is 1. The number of halogens is 3. The molecule has 0 saturated carbocycles. The monoisotopic (exact) mass is 396 g/mol. The second kappa shape index (κ2) is 9.15. The molecule has 1 aliphatic rings. The summed E-state index contributed by atoms with van der Waals surface area (Å²) in [5.41, 5.74) is 0.624. The zero-order valence-electron chi connectivity index (χ0n) is 15.1. The molecule has 1 heterocycles. The molecule has 146 valence electrons. The van der Waals surface area contributed by atoms with Crippen molar-refractivity contribution in [3.8, 4) is 11.5 Å². The first-order valence-electron chi connectivity index (χ1n) is 8.67. The van der Waals surface area contributed by atoms with Crippen LogP contribution in [-0.2, 0) is 0 Å². The Hall–Kier alpha value is -2.18. The fraction of sp³-hybridized carbons (Fsp3) is 0.350. The van der Waals surface area contributed by atoms with Crippen molar-refractivity contribution >= 4 is 18.3 Å². The number of benzene rings is 2. The Morgan fingerprint density at radius 1 is 1.15 bits per heavy atom. The van der Waals surface area contributed by atoms with Gasteiger partial charge in [-0.15, -0.1) is 12.4 Å². The average Bonchev–Trinajstić information content (AvgIpc) is 2.63. The Labute approximate surface area is 163 Å². The lowest BCUT2D eigenvalue weighted by Gasteiger charge is -2.34. The van der Waals surface area contributed by atoms with E-state index in [-0.39, 0.29) is 29.5 Å². The number of piperidine rings is 1. The number of rotatable bonds is 5. The van der Waals surface area contributed by atoms with Gasteiger partial charge in [0.05, 0.1) is 0 Å². The van der Waals surface area contributed by atoms with Crippen LogP contribution in [-0.4, -0.2) is 25.5 Å². The Kier molecular flexibility index (Phi) is 7.16. The molecular formula is C20H23ClF2N2O2. The average molecular weight is 397 g/mol. The summed E-state index contributed by atoms with van der Waals surface area (Å²) < 4.78 is 31.9. The zero-order valence-corrected chi connectivity index (χ0v) is 15.9. The molecule has 1 saturated heterocycles. The van der Waals surface area contributed by atoms with Crippen molar-refractivity contribution in [2.24, 2.45) is 5.41 Å². The van der Waals surface area contributed by atoms with Crippen molar-refractivity contribution < 1.29 is 18.3 Å². The molecule has 1 aliphatic heterocycles. The minimum atomic E-state index is -0.776. The van der Waals surface area contributed by atoms with Gasteiger partial charge >= 0.3 is 0 Å². The number of hydrogen-bond donors (Lipinski definition) is 2. The molecule has 2 aromatic carbocycles. The lowest BCUT2D eigenvalue weighted by Crippen LogP contribution is -2.42. The summed E-state index contributed by atoms with van der Waals surface area (Å²) in [6.45, 7) is 4.76. The van der Waals surface area contributed by atoms with Gasteiger partial charge in [0.1, 0.15) is 11.6 Å². The predicted octanol–water partition coefficient (Wildman–Crippen LogP) is 4.30. The molecule has 2 aromatic rings. The first kappa shape index (κ1) is 21.1. The van der Waals surface area contributed by atoms with E-state index < -0.39 is 11.6 Å². The van der Waals surface area contributed by atoms with Crippen LogP contribution in [0.1, 0.15) is 30.1 Å². The van der Waals surface area contributed by atoms with Crippen LogP contribution in [0.3, 0.4) is 0 Å². The lowest BCUT2D eigenvalue weighted by molar-refractivity contribution is 0.0922. The SMILES string of the molecule is CC1(CNC(=O)c2ccc(Oc3ccc(F)cc3F)cc2)CCNCC1.Cl. The third-order valence-electron chi connectivity index (χ3n) is 4.72. The number of carbonyl (C=O) groups is 1. The number of carbonyl (C=O) groups excluding carboxylic acids is 1. The van der Waals surface area contributed by atoms with Gasteiger partial charge in [-0.05, 0) is 67.7 Å². The van der Waals surface area contributed by atoms with Gasteiger partial charge in [-0.3, -0.25) is 4.79 Å². The third-order valence-corrected chi connectivity index (χ3v) is 4.72. The van der Waals surface area contributed by atoms with Crippen LogP contribution in [0.4, 0.5) is 8.78 Å². The van der Waals surface area contributed by atoms with Gasteiger partial charge in [-0.25, -0.2) is 8.78 Å². The summed E-state index contributed by atoms with van der Waals surface area (Å²) in [4.78, 5) is 12.3. The second-order valence-electron chi connectivity index (χ2n) is 6.94. The van der Waals surface area contributed by atoms with E-state index in [0.717, 1.165) is 38.1 Å². The van der Waals surface area contributed by atoms with E-state index >= 15 is 0 Å². The highest BCUT2D eigenvalue weighted by molar-refractivity contribution is 5.94. The highest BCUT2D eigenvalue weighted by Gasteiger charge is 2.27. The van der Waals surface area contributed by atoms with Gasteiger partial charge < -0.3 is 15.4 Å². The topological polar surface area (TPSA) is 50.4 Å². The molecule has 1 fully saturated rings. The first-order chi connectivity index (χ1) is 12.5. The summed E-state index contributed by atoms with van der Waals surface area (Å²) in [5.74, 6) is -1.28. The van der Waals surface area contributed by atoms with Crippen LogP contribution in [0, 0.1) is 17.0 Å². The summed E-state index contributed by atoms with van der Waals surface area (Å²) in [6, 6.07) is 9.53. The maximum Gasteiger partial charge on any atom is 0.251 e. The second-order valence-corrected chi connectivity index (χ2v) is 6.94. The van der Waals surface area contributed by atoms with E-state index in [9.17, 15) is 13.6 Å². The molecule has 7 heteroatoms. The Bertz CT molecular complexity index is 778. The van der Waals surface area contributed by atoms with Crippen molar-refractivity contribution in [3.63, 3.8) is 0 Å². The molecule has 3 rings (SSSR count). The standard InChI is InChI=1S/C20H22F2N2O2.ClH/c1-20(8-10-23-11-9-20)13-24-19(25)14-2-5-16(6-3-14)26-18-7-4-15(21)12-17(18)22;/h2-7,12,23H,8-11,13H2,1H3,(H,24,25);1H. The molecule has 0 spiro atoms. The predicted molar refractivity (Wildman–Crippen MR) is 103 cm³/mol. The maximum atomic E-state index is 13.6. The smallest absolute Gasteiger partial charge is 0.251 e. The van der Waals surface area contributed by atoms with Gasteiger partial charge in [-0.2, -0.15) is 0 Å². The summed E-state index contributed by atoms with van der Waals surface area (Å²) in [6.07, 6.45) is 2.06. The van der Waals surface area contributed by atoms with E-state index in [2.05, 4.69) is 17.6 Å². The first-order valence-corrected chi connectivity index (χ1v) is 8.67. The number of hydrogen-bond acceptors (Lipinski definition) is 3. The molecule has 0 bridgehead atoms. The van der Waals surface area contributed by atoms with Crippen molar-refractivity contribution in [1.82, 2.24) is 10.6 Å². The maximum absolute atomic E-state index is 13.6. The van der Waals surface area contributed by atoms with Crippen molar-refractivity contribution in [2.75, 3.05) is 19.6 Å². The fourth-order valence-electron chi connectivity index (χ4n) is 2.96. The highest BCUT2D eigenvalue weighted by Crippen LogP contribution is 2.27. The minimum absolute atomic E-state index is 0. The Morgan fingerprint density at radius 2 is 1.81 bits per heavy atom. The fourth-order valence-corrected chi connectivity index (χ4v) is 2.96. The van der Waals surface area contributed by atoms with Gasteiger partial charge in [0, 0.05) is 18.2 Å². The van der Waals surface area contributed by atoms with Crippen LogP contribution >= 0.6 is 12.4 Å². The summed E-state index contributed by atoms with van der Waals surface area (Å²) in [5, 5.41) is 6.30. The van der Waals surface area contributed by atoms with E-state index in [1.807, 2.05) is 0 Å². The minimum Gasteiger partial charge on any atom is -0.454 e. The number of ether oxygens (including phenoxy) is 1. The van der Waals surface area contributed by atoms with Crippen molar-refractivity contribution in [2.45, 2.75) is 19.8 Å². The van der Waals surface area contributed by atoms with Gasteiger partial charge in [0.15, 0.2) is 11.6 Å². The highest BCUT2D eigenvalue weighted by atomic mass is 35.5. The van der Waals surface area contributed by atoms with Crippen LogP contribution in [0.25, 0.3) is 0 Å². The molecule has 4 nitrogen and oxygen atoms in total. The van der Waals surface area contributed by atoms with Gasteiger partial charge in [-0.1, -0.05) is 6.92 Å². The molecule has 2 N–H and O–H groups in total. The molecule has 0 aliphatic carbocycles. The summed E-state index contributed by atoms with van der Waals surface area (Å²) in [7, 11) is 0. The number of nitrogens with one attached hydrogen (secondary N) is 2. The molecule has 1 amide bonds. The molecule has 0 unspecified atom stereocenters. The quantitative estimate of drug-likeness (QED) is 0.792. The largest absolute Gasteiger partial charge is 0.454 e. The molecule has 0 radical (unpaired) electrons. The Balaban J connectivity index is 0.00000261. The van der Waals surface area contributed by atoms with Gasteiger partial charge in [0.2, 0.25) is 0 Å². The summed E-state index contributed by atoms with van der Waals surface area (Å²) >= 11 is 0. The van der Waals surface area contributed by atoms with Crippen LogP contribution < -0.4 is 15.4 Å². The van der Waals surface area contributed by atoms with Crippen molar-refractivity contribution in [3.05, 3.63) is 59.7 Å². The Morgan fingerprint density at radius 3 is 2.44 bits per heavy atom. The van der Waals surface area contributed by atoms with E-state index in [1.54, 1.807) is 24.3 Å². The lowest BCUT2D eigenvalue weighted by atomic mass is 9.81. The van der Waals surface area contributed by atoms with E-state index in [1.165, 1.54) is 6.07 Å². The molecular weight excluding hydrogens is 374 g/mol. The molecule has 0 atom stereocenters. The van der Waals surface area contributed by atoms with Crippen LogP contribution in [0.15, 0.2) is 42.5 Å². The van der Waals surface area contributed by atoms with Crippen molar-refractivity contribution in [1.29, 1.82) is 0 Å². The van der Waals surface area contributed by atoms with E-state index in [4.69, 9.17) is 4.74 Å². The van der Waals surface area contributed by atoms with Crippen LogP contribution in [0.2, 0.25) is 0 Å². The normalized spacial score (nSPS) is 15.5. The van der Waals surface area contributed by atoms with E-state index in [0.29, 0.717) is 17.9 Å². The molecule has 0 aromatic heterocycles. The van der Waals surface area contributed by atoms with Crippen LogP contribution in [0.5, 0.6) is 11.5 Å². The van der Waals surface area contributed by atoms with Gasteiger partial charge in [0.25, 0.3) is 5.91 Å². The third kappa shape index (κ3) is 5.65.